The van der Waals surface area contributed by atoms with E-state index in [4.69, 9.17) is 5.73 Å². The minimum atomic E-state index is -0.0741. The highest BCUT2D eigenvalue weighted by molar-refractivity contribution is 5.92. The van der Waals surface area contributed by atoms with Crippen LogP contribution in [0.2, 0.25) is 0 Å². The third-order valence-corrected chi connectivity index (χ3v) is 2.06. The maximum atomic E-state index is 12.0. The maximum Gasteiger partial charge on any atom is 0.272 e. The molecule has 0 fully saturated rings. The summed E-state index contributed by atoms with van der Waals surface area (Å²) in [6.45, 7) is 6.96. The molecule has 4 heteroatoms. The van der Waals surface area contributed by atoms with E-state index in [1.54, 1.807) is 24.1 Å². The molecule has 0 aliphatic heterocycles. The number of amides is 1. The number of rotatable bonds is 2. The van der Waals surface area contributed by atoms with Crippen molar-refractivity contribution in [3.05, 3.63) is 24.0 Å². The van der Waals surface area contributed by atoms with E-state index < -0.39 is 0 Å². The summed E-state index contributed by atoms with van der Waals surface area (Å²) in [7, 11) is 1.78. The molecule has 1 amide bonds. The van der Waals surface area contributed by atoms with Crippen LogP contribution in [0.1, 0.15) is 31.3 Å². The number of hydrogen-bond acceptors (Lipinski definition) is 3. The van der Waals surface area contributed by atoms with Gasteiger partial charge in [-0.05, 0) is 17.5 Å². The summed E-state index contributed by atoms with van der Waals surface area (Å²) in [5.41, 5.74) is 6.60. The van der Waals surface area contributed by atoms with E-state index in [1.165, 1.54) is 6.20 Å². The van der Waals surface area contributed by atoms with Crippen molar-refractivity contribution in [1.29, 1.82) is 0 Å². The van der Waals surface area contributed by atoms with Crippen molar-refractivity contribution < 1.29 is 4.79 Å². The molecule has 0 atom stereocenters. The molecule has 0 aliphatic rings. The Labute approximate surface area is 96.5 Å². The Morgan fingerprint density at radius 2 is 2.06 bits per heavy atom. The molecule has 0 saturated heterocycles. The molecule has 1 heterocycles. The van der Waals surface area contributed by atoms with Crippen molar-refractivity contribution in [2.75, 3.05) is 19.3 Å². The van der Waals surface area contributed by atoms with Gasteiger partial charge in [-0.1, -0.05) is 20.8 Å². The fourth-order valence-corrected chi connectivity index (χ4v) is 1.51. The van der Waals surface area contributed by atoms with Crippen LogP contribution in [0.4, 0.5) is 5.69 Å². The summed E-state index contributed by atoms with van der Waals surface area (Å²) in [6.07, 6.45) is 1.50. The van der Waals surface area contributed by atoms with Gasteiger partial charge in [0.2, 0.25) is 0 Å². The van der Waals surface area contributed by atoms with Gasteiger partial charge < -0.3 is 10.6 Å². The molecule has 0 aromatic carbocycles. The van der Waals surface area contributed by atoms with Crippen molar-refractivity contribution >= 4 is 11.6 Å². The molecule has 0 aliphatic carbocycles. The third-order valence-electron chi connectivity index (χ3n) is 2.06. The molecule has 0 unspecified atom stereocenters. The summed E-state index contributed by atoms with van der Waals surface area (Å²) in [5, 5.41) is 0. The highest BCUT2D eigenvalue weighted by atomic mass is 16.2. The summed E-state index contributed by atoms with van der Waals surface area (Å²) in [6, 6.07) is 3.34. The minimum absolute atomic E-state index is 0.0741. The molecule has 2 N–H and O–H groups in total. The van der Waals surface area contributed by atoms with Crippen LogP contribution in [0.5, 0.6) is 0 Å². The maximum absolute atomic E-state index is 12.0. The zero-order valence-corrected chi connectivity index (χ0v) is 10.3. The van der Waals surface area contributed by atoms with E-state index in [9.17, 15) is 4.79 Å². The first-order valence-electron chi connectivity index (χ1n) is 5.26. The van der Waals surface area contributed by atoms with Crippen LogP contribution in [-0.4, -0.2) is 29.4 Å². The summed E-state index contributed by atoms with van der Waals surface area (Å²) in [5.74, 6) is -0.0741. The first kappa shape index (κ1) is 12.5. The van der Waals surface area contributed by atoms with E-state index in [2.05, 4.69) is 25.8 Å². The minimum Gasteiger partial charge on any atom is -0.397 e. The van der Waals surface area contributed by atoms with Gasteiger partial charge >= 0.3 is 0 Å². The van der Waals surface area contributed by atoms with Crippen molar-refractivity contribution in [3.8, 4) is 0 Å². The van der Waals surface area contributed by atoms with E-state index in [0.717, 1.165) is 0 Å². The average Bonchev–Trinajstić information content (AvgIpc) is 2.15. The van der Waals surface area contributed by atoms with Gasteiger partial charge in [0, 0.05) is 13.6 Å². The molecule has 1 rings (SSSR count). The van der Waals surface area contributed by atoms with Crippen LogP contribution >= 0.6 is 0 Å². The lowest BCUT2D eigenvalue weighted by Gasteiger charge is -2.26. The van der Waals surface area contributed by atoms with Gasteiger partial charge in [-0.15, -0.1) is 0 Å². The normalized spacial score (nSPS) is 11.2. The van der Waals surface area contributed by atoms with Gasteiger partial charge in [-0.3, -0.25) is 4.79 Å². The van der Waals surface area contributed by atoms with Crippen molar-refractivity contribution in [2.45, 2.75) is 20.8 Å². The zero-order valence-electron chi connectivity index (χ0n) is 10.3. The Morgan fingerprint density at radius 1 is 1.44 bits per heavy atom. The lowest BCUT2D eigenvalue weighted by molar-refractivity contribution is 0.0740. The lowest BCUT2D eigenvalue weighted by atomic mass is 9.96. The second-order valence-corrected chi connectivity index (χ2v) is 5.20. The number of hydrogen-bond donors (Lipinski definition) is 1. The first-order valence-corrected chi connectivity index (χ1v) is 5.26. The Morgan fingerprint density at radius 3 is 2.50 bits per heavy atom. The smallest absolute Gasteiger partial charge is 0.272 e. The van der Waals surface area contributed by atoms with Crippen molar-refractivity contribution in [3.63, 3.8) is 0 Å². The fraction of sp³-hybridized carbons (Fsp3) is 0.500. The van der Waals surface area contributed by atoms with Crippen LogP contribution in [-0.2, 0) is 0 Å². The van der Waals surface area contributed by atoms with Gasteiger partial charge in [-0.25, -0.2) is 4.98 Å². The van der Waals surface area contributed by atoms with Crippen molar-refractivity contribution in [2.24, 2.45) is 5.41 Å². The predicted octanol–water partition coefficient (Wildman–Crippen LogP) is 1.78. The molecule has 0 spiro atoms. The van der Waals surface area contributed by atoms with E-state index >= 15 is 0 Å². The van der Waals surface area contributed by atoms with Crippen LogP contribution in [0.3, 0.4) is 0 Å². The Bertz CT molecular complexity index is 365. The summed E-state index contributed by atoms with van der Waals surface area (Å²) < 4.78 is 0. The van der Waals surface area contributed by atoms with E-state index in [1.807, 2.05) is 0 Å². The average molecular weight is 221 g/mol. The Balaban J connectivity index is 2.74. The molecule has 1 aromatic rings. The number of nitrogens with two attached hydrogens (primary N) is 1. The molecular formula is C12H19N3O. The number of aromatic nitrogens is 1. The van der Waals surface area contributed by atoms with Crippen LogP contribution < -0.4 is 5.73 Å². The van der Waals surface area contributed by atoms with Crippen molar-refractivity contribution in [1.82, 2.24) is 9.88 Å². The lowest BCUT2D eigenvalue weighted by Crippen LogP contribution is -2.34. The Hall–Kier alpha value is -1.58. The predicted molar refractivity (Wildman–Crippen MR) is 65.1 cm³/mol. The molecule has 0 saturated carbocycles. The zero-order chi connectivity index (χ0) is 12.3. The SMILES string of the molecule is CN(CC(C)(C)C)C(=O)c1ccc(N)cn1. The molecule has 0 radical (unpaired) electrons. The summed E-state index contributed by atoms with van der Waals surface area (Å²) in [4.78, 5) is 17.6. The standard InChI is InChI=1S/C12H19N3O/c1-12(2,3)8-15(4)11(16)10-6-5-9(13)7-14-10/h5-7H,8,13H2,1-4H3. The van der Waals surface area contributed by atoms with Crippen LogP contribution in [0, 0.1) is 5.41 Å². The van der Waals surface area contributed by atoms with Gasteiger partial charge in [0.15, 0.2) is 0 Å². The highest BCUT2D eigenvalue weighted by Gasteiger charge is 2.19. The van der Waals surface area contributed by atoms with Crippen LogP contribution in [0.25, 0.3) is 0 Å². The topological polar surface area (TPSA) is 59.2 Å². The van der Waals surface area contributed by atoms with Gasteiger partial charge in [0.1, 0.15) is 5.69 Å². The number of carbonyl (C=O) groups is 1. The monoisotopic (exact) mass is 221 g/mol. The molecular weight excluding hydrogens is 202 g/mol. The van der Waals surface area contributed by atoms with Gasteiger partial charge in [0.25, 0.3) is 5.91 Å². The Kier molecular flexibility index (Phi) is 3.52. The molecule has 88 valence electrons. The van der Waals surface area contributed by atoms with Gasteiger partial charge in [0.05, 0.1) is 11.9 Å². The largest absolute Gasteiger partial charge is 0.397 e. The molecule has 4 nitrogen and oxygen atoms in total. The number of nitrogens with zero attached hydrogens (tertiary/aromatic N) is 2. The second-order valence-electron chi connectivity index (χ2n) is 5.20. The van der Waals surface area contributed by atoms with Gasteiger partial charge in [-0.2, -0.15) is 0 Å². The molecule has 1 aromatic heterocycles. The number of nitrogen functional groups attached to an aromatic ring is 1. The number of pyridine rings is 1. The summed E-state index contributed by atoms with van der Waals surface area (Å²) >= 11 is 0. The highest BCUT2D eigenvalue weighted by Crippen LogP contribution is 2.15. The third kappa shape index (κ3) is 3.53. The number of carbonyl (C=O) groups excluding carboxylic acids is 1. The molecule has 0 bridgehead atoms. The van der Waals surface area contributed by atoms with E-state index in [0.29, 0.717) is 17.9 Å². The second kappa shape index (κ2) is 4.51. The van der Waals surface area contributed by atoms with E-state index in [-0.39, 0.29) is 11.3 Å². The first-order chi connectivity index (χ1) is 7.29. The molecule has 16 heavy (non-hydrogen) atoms. The fourth-order valence-electron chi connectivity index (χ4n) is 1.51. The quantitative estimate of drug-likeness (QED) is 0.828. The van der Waals surface area contributed by atoms with Crippen LogP contribution in [0.15, 0.2) is 18.3 Å². The number of anilines is 1.